The molecule has 0 aliphatic rings. The zero-order chi connectivity index (χ0) is 21.7. The van der Waals surface area contributed by atoms with E-state index in [4.69, 9.17) is 11.6 Å². The van der Waals surface area contributed by atoms with Crippen molar-refractivity contribution in [2.75, 3.05) is 18.9 Å². The molecule has 0 fully saturated rings. The summed E-state index contributed by atoms with van der Waals surface area (Å²) in [4.78, 5) is 14.6. The molecule has 0 radical (unpaired) electrons. The third-order valence-corrected chi connectivity index (χ3v) is 5.70. The van der Waals surface area contributed by atoms with E-state index in [-0.39, 0.29) is 17.8 Å². The molecule has 1 heterocycles. The minimum absolute atomic E-state index is 0.0667. The monoisotopic (exact) mass is 428 g/mol. The van der Waals surface area contributed by atoms with E-state index in [1.807, 2.05) is 44.0 Å². The molecule has 1 atom stereocenters. The lowest BCUT2D eigenvalue weighted by Crippen LogP contribution is -2.40. The SMILES string of the molecule is Cc1c(Cl)cccc1NC(=O)C(C)N(C)CCCc1cc(-c2ccc(F)cc2)n[nH]1. The summed E-state index contributed by atoms with van der Waals surface area (Å²) < 4.78 is 13.1. The first-order valence-corrected chi connectivity index (χ1v) is 10.3. The fourth-order valence-electron chi connectivity index (χ4n) is 3.15. The third kappa shape index (κ3) is 5.46. The van der Waals surface area contributed by atoms with Crippen LogP contribution in [0, 0.1) is 12.7 Å². The van der Waals surface area contributed by atoms with Gasteiger partial charge in [-0.15, -0.1) is 0 Å². The number of amides is 1. The van der Waals surface area contributed by atoms with Gasteiger partial charge in [0.25, 0.3) is 0 Å². The molecule has 7 heteroatoms. The van der Waals surface area contributed by atoms with E-state index in [1.165, 1.54) is 12.1 Å². The van der Waals surface area contributed by atoms with E-state index in [2.05, 4.69) is 15.5 Å². The number of halogens is 2. The Hall–Kier alpha value is -2.70. The average Bonchev–Trinajstić information content (AvgIpc) is 3.20. The Balaban J connectivity index is 1.49. The van der Waals surface area contributed by atoms with Crippen molar-refractivity contribution in [1.29, 1.82) is 0 Å². The second-order valence-corrected chi connectivity index (χ2v) is 7.85. The fraction of sp³-hybridized carbons (Fsp3) is 0.304. The van der Waals surface area contributed by atoms with Crippen molar-refractivity contribution < 1.29 is 9.18 Å². The van der Waals surface area contributed by atoms with Crippen LogP contribution in [-0.2, 0) is 11.2 Å². The molecule has 0 bridgehead atoms. The zero-order valence-corrected chi connectivity index (χ0v) is 18.1. The Labute approximate surface area is 181 Å². The highest BCUT2D eigenvalue weighted by atomic mass is 35.5. The first kappa shape index (κ1) is 22.0. The predicted molar refractivity (Wildman–Crippen MR) is 119 cm³/mol. The van der Waals surface area contributed by atoms with Crippen LogP contribution in [-0.4, -0.2) is 40.6 Å². The molecule has 1 aromatic heterocycles. The van der Waals surface area contributed by atoms with Gasteiger partial charge in [0.2, 0.25) is 5.91 Å². The highest BCUT2D eigenvalue weighted by molar-refractivity contribution is 6.31. The summed E-state index contributed by atoms with van der Waals surface area (Å²) in [5, 5.41) is 10.9. The molecule has 2 N–H and O–H groups in total. The van der Waals surface area contributed by atoms with Crippen LogP contribution < -0.4 is 5.32 Å². The number of hydrogen-bond donors (Lipinski definition) is 2. The number of nitrogens with one attached hydrogen (secondary N) is 2. The van der Waals surface area contributed by atoms with Crippen molar-refractivity contribution in [1.82, 2.24) is 15.1 Å². The van der Waals surface area contributed by atoms with Crippen LogP contribution in [0.3, 0.4) is 0 Å². The zero-order valence-electron chi connectivity index (χ0n) is 17.4. The fourth-order valence-corrected chi connectivity index (χ4v) is 3.33. The number of carbonyl (C=O) groups is 1. The topological polar surface area (TPSA) is 61.0 Å². The summed E-state index contributed by atoms with van der Waals surface area (Å²) in [5.74, 6) is -0.329. The quantitative estimate of drug-likeness (QED) is 0.526. The average molecular weight is 429 g/mol. The number of aromatic nitrogens is 2. The molecule has 1 amide bonds. The minimum atomic E-state index is -0.278. The third-order valence-electron chi connectivity index (χ3n) is 5.29. The Morgan fingerprint density at radius 2 is 2.00 bits per heavy atom. The van der Waals surface area contributed by atoms with E-state index in [1.54, 1.807) is 18.2 Å². The molecule has 30 heavy (non-hydrogen) atoms. The van der Waals surface area contributed by atoms with Gasteiger partial charge in [-0.05, 0) is 88.3 Å². The van der Waals surface area contributed by atoms with Gasteiger partial charge in [0.15, 0.2) is 0 Å². The lowest BCUT2D eigenvalue weighted by Gasteiger charge is -2.24. The van der Waals surface area contributed by atoms with Crippen molar-refractivity contribution >= 4 is 23.2 Å². The van der Waals surface area contributed by atoms with Gasteiger partial charge in [-0.2, -0.15) is 5.10 Å². The normalized spacial score (nSPS) is 12.2. The van der Waals surface area contributed by atoms with Crippen LogP contribution in [0.25, 0.3) is 11.3 Å². The van der Waals surface area contributed by atoms with Crippen LogP contribution >= 0.6 is 11.6 Å². The molecule has 2 aromatic carbocycles. The van der Waals surface area contributed by atoms with Crippen molar-refractivity contribution in [2.45, 2.75) is 32.7 Å². The van der Waals surface area contributed by atoms with Gasteiger partial charge in [0, 0.05) is 22.0 Å². The Bertz CT molecular complexity index is 1000. The Kier molecular flexibility index (Phi) is 7.24. The number of rotatable bonds is 8. The smallest absolute Gasteiger partial charge is 0.241 e. The molecule has 0 saturated heterocycles. The molecule has 0 aliphatic heterocycles. The number of benzene rings is 2. The van der Waals surface area contributed by atoms with Crippen LogP contribution in [0.2, 0.25) is 5.02 Å². The van der Waals surface area contributed by atoms with E-state index in [0.717, 1.165) is 47.6 Å². The largest absolute Gasteiger partial charge is 0.324 e. The van der Waals surface area contributed by atoms with Crippen LogP contribution in [0.5, 0.6) is 0 Å². The number of hydrogen-bond acceptors (Lipinski definition) is 3. The van der Waals surface area contributed by atoms with Crippen LogP contribution in [0.15, 0.2) is 48.5 Å². The number of carbonyl (C=O) groups excluding carboxylic acids is 1. The summed E-state index contributed by atoms with van der Waals surface area (Å²) in [5.41, 5.74) is 4.27. The number of aryl methyl sites for hydroxylation is 1. The predicted octanol–water partition coefficient (Wildman–Crippen LogP) is 5.07. The molecule has 0 spiro atoms. The van der Waals surface area contributed by atoms with E-state index in [0.29, 0.717) is 5.02 Å². The molecule has 0 aliphatic carbocycles. The maximum Gasteiger partial charge on any atom is 0.241 e. The molecular formula is C23H26ClFN4O. The number of H-pyrrole nitrogens is 1. The first-order valence-electron chi connectivity index (χ1n) is 9.91. The van der Waals surface area contributed by atoms with Gasteiger partial charge in [-0.3, -0.25) is 14.8 Å². The number of anilines is 1. The second kappa shape index (κ2) is 9.87. The number of aromatic amines is 1. The van der Waals surface area contributed by atoms with E-state index < -0.39 is 0 Å². The summed E-state index contributed by atoms with van der Waals surface area (Å²) in [6.45, 7) is 4.53. The van der Waals surface area contributed by atoms with E-state index >= 15 is 0 Å². The first-order chi connectivity index (χ1) is 14.3. The number of likely N-dealkylation sites (N-methyl/N-ethyl adjacent to an activating group) is 1. The summed E-state index contributed by atoms with van der Waals surface area (Å²) in [6, 6.07) is 13.5. The number of nitrogens with zero attached hydrogens (tertiary/aromatic N) is 2. The summed E-state index contributed by atoms with van der Waals surface area (Å²) in [6.07, 6.45) is 1.68. The maximum absolute atomic E-state index is 13.1. The molecule has 158 valence electrons. The second-order valence-electron chi connectivity index (χ2n) is 7.45. The van der Waals surface area contributed by atoms with Crippen LogP contribution in [0.1, 0.15) is 24.6 Å². The minimum Gasteiger partial charge on any atom is -0.324 e. The Morgan fingerprint density at radius 1 is 1.27 bits per heavy atom. The molecule has 3 rings (SSSR count). The van der Waals surface area contributed by atoms with Crippen molar-refractivity contribution in [2.24, 2.45) is 0 Å². The lowest BCUT2D eigenvalue weighted by atomic mass is 10.1. The molecule has 3 aromatic rings. The Morgan fingerprint density at radius 3 is 2.73 bits per heavy atom. The summed E-state index contributed by atoms with van der Waals surface area (Å²) >= 11 is 6.13. The van der Waals surface area contributed by atoms with Gasteiger partial charge in [0.05, 0.1) is 11.7 Å². The maximum atomic E-state index is 13.1. The van der Waals surface area contributed by atoms with Crippen molar-refractivity contribution in [3.8, 4) is 11.3 Å². The van der Waals surface area contributed by atoms with Gasteiger partial charge in [0.1, 0.15) is 5.82 Å². The standard InChI is InChI=1S/C23H26ClFN4O/c1-15-20(24)7-4-8-21(15)26-23(30)16(2)29(3)13-5-6-19-14-22(28-27-19)17-9-11-18(25)12-10-17/h4,7-12,14,16H,5-6,13H2,1-3H3,(H,26,30)(H,27,28). The van der Waals surface area contributed by atoms with Gasteiger partial charge in [-0.1, -0.05) is 17.7 Å². The van der Waals surface area contributed by atoms with Crippen molar-refractivity contribution in [3.05, 3.63) is 70.6 Å². The molecule has 0 saturated carbocycles. The molecule has 5 nitrogen and oxygen atoms in total. The molecular weight excluding hydrogens is 403 g/mol. The van der Waals surface area contributed by atoms with Gasteiger partial charge >= 0.3 is 0 Å². The van der Waals surface area contributed by atoms with Gasteiger partial charge < -0.3 is 5.32 Å². The van der Waals surface area contributed by atoms with Crippen molar-refractivity contribution in [3.63, 3.8) is 0 Å². The van der Waals surface area contributed by atoms with E-state index in [9.17, 15) is 9.18 Å². The van der Waals surface area contributed by atoms with Gasteiger partial charge in [-0.25, -0.2) is 4.39 Å². The highest BCUT2D eigenvalue weighted by Gasteiger charge is 2.19. The molecule has 1 unspecified atom stereocenters. The highest BCUT2D eigenvalue weighted by Crippen LogP contribution is 2.23. The van der Waals surface area contributed by atoms with Crippen LogP contribution in [0.4, 0.5) is 10.1 Å². The lowest BCUT2D eigenvalue weighted by molar-refractivity contribution is -0.120. The summed E-state index contributed by atoms with van der Waals surface area (Å²) in [7, 11) is 1.94.